The van der Waals surface area contributed by atoms with E-state index in [9.17, 15) is 4.79 Å². The lowest BCUT2D eigenvalue weighted by molar-refractivity contribution is 0.186. The number of rotatable bonds is 6. The molecular weight excluding hydrogens is 278 g/mol. The Labute approximate surface area is 133 Å². The van der Waals surface area contributed by atoms with Crippen molar-refractivity contribution < 1.29 is 9.53 Å². The molecule has 2 amide bonds. The third-order valence-electron chi connectivity index (χ3n) is 4.18. The smallest absolute Gasteiger partial charge is 0.319 e. The molecule has 0 aliphatic carbocycles. The Kier molecular flexibility index (Phi) is 6.07. The summed E-state index contributed by atoms with van der Waals surface area (Å²) >= 11 is 0. The number of urea groups is 1. The summed E-state index contributed by atoms with van der Waals surface area (Å²) in [5.74, 6) is 1.25. The van der Waals surface area contributed by atoms with Gasteiger partial charge in [0, 0.05) is 24.3 Å². The molecule has 22 heavy (non-hydrogen) atoms. The maximum atomic E-state index is 12.1. The van der Waals surface area contributed by atoms with Gasteiger partial charge in [-0.2, -0.15) is 0 Å². The lowest BCUT2D eigenvalue weighted by Crippen LogP contribution is -2.46. The molecule has 1 aromatic carbocycles. The van der Waals surface area contributed by atoms with E-state index in [2.05, 4.69) is 29.4 Å². The largest absolute Gasteiger partial charge is 0.497 e. The summed E-state index contributed by atoms with van der Waals surface area (Å²) in [6.45, 7) is 7.38. The van der Waals surface area contributed by atoms with Crippen molar-refractivity contribution in [1.29, 1.82) is 0 Å². The average Bonchev–Trinajstić information content (AvgIpc) is 3.01. The molecular formula is C17H27N3O2. The highest BCUT2D eigenvalue weighted by Gasteiger charge is 2.24. The summed E-state index contributed by atoms with van der Waals surface area (Å²) in [6, 6.07) is 7.60. The molecule has 0 spiro atoms. The van der Waals surface area contributed by atoms with E-state index in [1.807, 2.05) is 18.2 Å². The van der Waals surface area contributed by atoms with Crippen molar-refractivity contribution in [2.75, 3.05) is 32.1 Å². The van der Waals surface area contributed by atoms with Gasteiger partial charge >= 0.3 is 6.03 Å². The molecule has 5 heteroatoms. The SMILES string of the molecule is COc1cccc(NC(=O)NC[C@H](C(C)C)N2CCCC2)c1. The maximum absolute atomic E-state index is 12.1. The van der Waals surface area contributed by atoms with Gasteiger partial charge in [0.05, 0.1) is 7.11 Å². The molecule has 1 atom stereocenters. The van der Waals surface area contributed by atoms with Crippen molar-refractivity contribution in [3.05, 3.63) is 24.3 Å². The molecule has 0 unspecified atom stereocenters. The summed E-state index contributed by atoms with van der Waals surface area (Å²) in [7, 11) is 1.61. The van der Waals surface area contributed by atoms with Crippen LogP contribution in [0.25, 0.3) is 0 Å². The van der Waals surface area contributed by atoms with Crippen LogP contribution in [-0.2, 0) is 0 Å². The number of nitrogens with zero attached hydrogens (tertiary/aromatic N) is 1. The predicted molar refractivity (Wildman–Crippen MR) is 89.4 cm³/mol. The number of hydrogen-bond donors (Lipinski definition) is 2. The number of benzene rings is 1. The topological polar surface area (TPSA) is 53.6 Å². The van der Waals surface area contributed by atoms with Crippen molar-refractivity contribution in [2.45, 2.75) is 32.7 Å². The first-order valence-electron chi connectivity index (χ1n) is 8.03. The highest BCUT2D eigenvalue weighted by Crippen LogP contribution is 2.18. The van der Waals surface area contributed by atoms with Crippen LogP contribution in [0, 0.1) is 5.92 Å². The molecule has 1 saturated heterocycles. The van der Waals surface area contributed by atoms with Gasteiger partial charge in [-0.05, 0) is 44.0 Å². The Hall–Kier alpha value is -1.75. The van der Waals surface area contributed by atoms with Crippen molar-refractivity contribution >= 4 is 11.7 Å². The highest BCUT2D eigenvalue weighted by molar-refractivity contribution is 5.89. The number of nitrogens with one attached hydrogen (secondary N) is 2. The minimum atomic E-state index is -0.168. The number of carbonyl (C=O) groups is 1. The maximum Gasteiger partial charge on any atom is 0.319 e. The van der Waals surface area contributed by atoms with E-state index in [0.717, 1.165) is 24.5 Å². The quantitative estimate of drug-likeness (QED) is 0.849. The van der Waals surface area contributed by atoms with Crippen molar-refractivity contribution in [2.24, 2.45) is 5.92 Å². The van der Waals surface area contributed by atoms with Crippen molar-refractivity contribution in [3.8, 4) is 5.75 Å². The zero-order valence-electron chi connectivity index (χ0n) is 13.8. The van der Waals surface area contributed by atoms with E-state index >= 15 is 0 Å². The minimum Gasteiger partial charge on any atom is -0.497 e. The van der Waals surface area contributed by atoms with Gasteiger partial charge in [-0.25, -0.2) is 4.79 Å². The standard InChI is InChI=1S/C17H27N3O2/c1-13(2)16(20-9-4-5-10-20)12-18-17(21)19-14-7-6-8-15(11-14)22-3/h6-8,11,13,16H,4-5,9-10,12H2,1-3H3,(H2,18,19,21)/t16-/m1/s1. The van der Waals surface area contributed by atoms with Gasteiger partial charge < -0.3 is 15.4 Å². The number of carbonyl (C=O) groups excluding carboxylic acids is 1. The van der Waals surface area contributed by atoms with Crippen molar-refractivity contribution in [3.63, 3.8) is 0 Å². The first-order chi connectivity index (χ1) is 10.6. The summed E-state index contributed by atoms with van der Waals surface area (Å²) in [6.07, 6.45) is 2.53. The fourth-order valence-corrected chi connectivity index (χ4v) is 2.93. The lowest BCUT2D eigenvalue weighted by Gasteiger charge is -2.31. The molecule has 1 aromatic rings. The van der Waals surface area contributed by atoms with Gasteiger partial charge in [-0.1, -0.05) is 19.9 Å². The second kappa shape index (κ2) is 8.03. The fraction of sp³-hybridized carbons (Fsp3) is 0.588. The summed E-state index contributed by atoms with van der Waals surface area (Å²) in [5, 5.41) is 5.85. The highest BCUT2D eigenvalue weighted by atomic mass is 16.5. The number of likely N-dealkylation sites (tertiary alicyclic amines) is 1. The molecule has 1 fully saturated rings. The van der Waals surface area contributed by atoms with Gasteiger partial charge in [-0.3, -0.25) is 4.90 Å². The minimum absolute atomic E-state index is 0.168. The number of anilines is 1. The van der Waals surface area contributed by atoms with Crippen LogP contribution >= 0.6 is 0 Å². The van der Waals surface area contributed by atoms with Gasteiger partial charge in [0.2, 0.25) is 0 Å². The number of hydrogen-bond acceptors (Lipinski definition) is 3. The summed E-state index contributed by atoms with van der Waals surface area (Å²) in [5.41, 5.74) is 0.735. The molecule has 2 rings (SSSR count). The Morgan fingerprint density at radius 3 is 2.68 bits per heavy atom. The molecule has 122 valence electrons. The van der Waals surface area contributed by atoms with E-state index in [0.29, 0.717) is 18.5 Å². The molecule has 2 N–H and O–H groups in total. The summed E-state index contributed by atoms with van der Waals surface area (Å²) in [4.78, 5) is 14.6. The second-order valence-corrected chi connectivity index (χ2v) is 6.12. The van der Waals surface area contributed by atoms with Gasteiger partial charge in [0.15, 0.2) is 0 Å². The predicted octanol–water partition coefficient (Wildman–Crippen LogP) is 2.94. The van der Waals surface area contributed by atoms with Crippen LogP contribution in [0.5, 0.6) is 5.75 Å². The number of ether oxygens (including phenoxy) is 1. The van der Waals surface area contributed by atoms with Crippen LogP contribution in [0.4, 0.5) is 10.5 Å². The van der Waals surface area contributed by atoms with E-state index in [1.54, 1.807) is 13.2 Å². The van der Waals surface area contributed by atoms with Crippen LogP contribution in [0.2, 0.25) is 0 Å². The van der Waals surface area contributed by atoms with E-state index in [1.165, 1.54) is 12.8 Å². The second-order valence-electron chi connectivity index (χ2n) is 6.12. The van der Waals surface area contributed by atoms with E-state index in [4.69, 9.17) is 4.74 Å². The average molecular weight is 305 g/mol. The van der Waals surface area contributed by atoms with Crippen LogP contribution in [0.1, 0.15) is 26.7 Å². The number of methoxy groups -OCH3 is 1. The molecule has 0 aromatic heterocycles. The van der Waals surface area contributed by atoms with E-state index < -0.39 is 0 Å². The molecule has 0 bridgehead atoms. The first kappa shape index (κ1) is 16.6. The van der Waals surface area contributed by atoms with Gasteiger partial charge in [0.1, 0.15) is 5.75 Å². The fourth-order valence-electron chi connectivity index (χ4n) is 2.93. The molecule has 5 nitrogen and oxygen atoms in total. The van der Waals surface area contributed by atoms with Gasteiger partial charge in [-0.15, -0.1) is 0 Å². The molecule has 0 radical (unpaired) electrons. The zero-order chi connectivity index (χ0) is 15.9. The summed E-state index contributed by atoms with van der Waals surface area (Å²) < 4.78 is 5.16. The molecule has 1 aliphatic heterocycles. The molecule has 1 aliphatic rings. The third kappa shape index (κ3) is 4.63. The number of amides is 2. The monoisotopic (exact) mass is 305 g/mol. The van der Waals surface area contributed by atoms with Crippen LogP contribution < -0.4 is 15.4 Å². The van der Waals surface area contributed by atoms with E-state index in [-0.39, 0.29) is 6.03 Å². The molecule has 0 saturated carbocycles. The van der Waals surface area contributed by atoms with Gasteiger partial charge in [0.25, 0.3) is 0 Å². The Bertz CT molecular complexity index is 485. The third-order valence-corrected chi connectivity index (χ3v) is 4.18. The normalized spacial score (nSPS) is 16.5. The lowest BCUT2D eigenvalue weighted by atomic mass is 10.0. The van der Waals surface area contributed by atoms with Crippen molar-refractivity contribution in [1.82, 2.24) is 10.2 Å². The molecule has 1 heterocycles. The van der Waals surface area contributed by atoms with Crippen LogP contribution in [0.15, 0.2) is 24.3 Å². The first-order valence-corrected chi connectivity index (χ1v) is 8.03. The Morgan fingerprint density at radius 2 is 2.05 bits per heavy atom. The Balaban J connectivity index is 1.85. The zero-order valence-corrected chi connectivity index (χ0v) is 13.8. The van der Waals surface area contributed by atoms with Crippen LogP contribution in [0.3, 0.4) is 0 Å². The Morgan fingerprint density at radius 1 is 1.32 bits per heavy atom. The van der Waals surface area contributed by atoms with Crippen LogP contribution in [-0.4, -0.2) is 43.7 Å².